The molecule has 0 saturated heterocycles. The number of hydrogen-bond donors (Lipinski definition) is 1. The summed E-state index contributed by atoms with van der Waals surface area (Å²) in [7, 11) is 0.870. The molecular formula is CH5BiOS2. The van der Waals surface area contributed by atoms with Gasteiger partial charge >= 0.3 is 26.2 Å². The molecule has 0 aromatic carbocycles. The van der Waals surface area contributed by atoms with Crippen LogP contribution in [-0.4, -0.2) is 31.8 Å². The van der Waals surface area contributed by atoms with Crippen molar-refractivity contribution in [1.29, 1.82) is 0 Å². The maximum atomic E-state index is 9.06. The van der Waals surface area contributed by atoms with Crippen LogP contribution < -0.4 is 0 Å². The fourth-order valence-corrected chi connectivity index (χ4v) is 0. The van der Waals surface area contributed by atoms with Crippen molar-refractivity contribution in [2.24, 2.45) is 0 Å². The van der Waals surface area contributed by atoms with Crippen LogP contribution in [0.25, 0.3) is 0 Å². The van der Waals surface area contributed by atoms with Crippen molar-refractivity contribution in [3.63, 3.8) is 0 Å². The summed E-state index contributed by atoms with van der Waals surface area (Å²) >= 11 is 3.47. The van der Waals surface area contributed by atoms with Gasteiger partial charge in [0, 0.05) is 0 Å². The van der Waals surface area contributed by atoms with Crippen LogP contribution in [-0.2, 0) is 4.79 Å². The summed E-state index contributed by atoms with van der Waals surface area (Å²) in [5.41, 5.74) is 0.656. The molecule has 0 radical (unpaired) electrons. The molecule has 5 heavy (non-hydrogen) atoms. The minimum atomic E-state index is 0. The first-order valence-electron chi connectivity index (χ1n) is 0.654. The molecule has 32 valence electrons. The van der Waals surface area contributed by atoms with Crippen LogP contribution in [0.5, 0.6) is 0 Å². The van der Waals surface area contributed by atoms with Crippen LogP contribution >= 0.6 is 22.5 Å². The summed E-state index contributed by atoms with van der Waals surface area (Å²) in [6.45, 7) is 0. The molecule has 0 aromatic heterocycles. The van der Waals surface area contributed by atoms with Gasteiger partial charge in [-0.2, -0.15) is 0 Å². The van der Waals surface area contributed by atoms with Crippen molar-refractivity contribution in [3.05, 3.63) is 0 Å². The van der Waals surface area contributed by atoms with Crippen LogP contribution in [0.3, 0.4) is 0 Å². The Morgan fingerprint density at radius 2 is 2.00 bits per heavy atom. The van der Waals surface area contributed by atoms with Crippen LogP contribution in [0.1, 0.15) is 0 Å². The molecule has 0 rings (SSSR count). The number of thiol groups is 1. The Morgan fingerprint density at radius 3 is 2.00 bits per heavy atom. The van der Waals surface area contributed by atoms with Crippen LogP contribution in [0.4, 0.5) is 0 Å². The molecular weight excluding hydrogens is 301 g/mol. The number of carbonyl (C=O) groups is 1. The number of rotatable bonds is 1. The monoisotopic (exact) mass is 306 g/mol. The second-order valence-corrected chi connectivity index (χ2v) is 1.24. The average Bonchev–Trinajstić information content (AvgIpc) is 1.37. The topological polar surface area (TPSA) is 17.1 Å². The fourth-order valence-electron chi connectivity index (χ4n) is 0. The van der Waals surface area contributed by atoms with Gasteiger partial charge in [0.25, 0.3) is 0 Å². The molecule has 0 aliphatic heterocycles. The van der Waals surface area contributed by atoms with E-state index in [1.54, 1.807) is 0 Å². The van der Waals surface area contributed by atoms with E-state index in [9.17, 15) is 0 Å². The Morgan fingerprint density at radius 1 is 1.80 bits per heavy atom. The Kier molecular flexibility index (Phi) is 17.1. The van der Waals surface area contributed by atoms with Gasteiger partial charge < -0.3 is 0 Å². The van der Waals surface area contributed by atoms with Gasteiger partial charge in [-0.15, -0.1) is 11.7 Å². The molecule has 0 heterocycles. The first kappa shape index (κ1) is 9.54. The molecule has 0 atom stereocenters. The molecule has 0 bridgehead atoms. The molecule has 0 N–H and O–H groups in total. The van der Waals surface area contributed by atoms with Gasteiger partial charge in [0.15, 0.2) is 5.62 Å². The Balaban J connectivity index is 0. The van der Waals surface area contributed by atoms with Gasteiger partial charge in [-0.25, -0.2) is 0 Å². The van der Waals surface area contributed by atoms with Crippen molar-refractivity contribution in [2.45, 2.75) is 0 Å². The zero-order valence-electron chi connectivity index (χ0n) is 2.55. The summed E-state index contributed by atoms with van der Waals surface area (Å²) < 4.78 is 0. The maximum absolute atomic E-state index is 9.06. The number of carbonyl (C=O) groups excluding carboxylic acids is 1. The van der Waals surface area contributed by atoms with E-state index in [1.807, 2.05) is 0 Å². The Labute approximate surface area is 58.8 Å². The number of hydrogen-bond acceptors (Lipinski definition) is 3. The molecule has 0 unspecified atom stereocenters. The molecule has 0 spiro atoms. The van der Waals surface area contributed by atoms with E-state index in [0.29, 0.717) is 5.62 Å². The minimum absolute atomic E-state index is 0. The molecule has 0 amide bonds. The third-order valence-electron chi connectivity index (χ3n) is 0.0430. The van der Waals surface area contributed by atoms with Crippen LogP contribution in [0.2, 0.25) is 0 Å². The first-order valence-corrected chi connectivity index (χ1v) is 2.59. The first-order chi connectivity index (χ1) is 1.91. The van der Waals surface area contributed by atoms with Crippen molar-refractivity contribution in [2.75, 3.05) is 0 Å². The third-order valence-corrected chi connectivity index (χ3v) is 0.387. The van der Waals surface area contributed by atoms with E-state index in [2.05, 4.69) is 11.7 Å². The summed E-state index contributed by atoms with van der Waals surface area (Å²) in [5.74, 6) is 0. The summed E-state index contributed by atoms with van der Waals surface area (Å²) in [4.78, 5) is 9.06. The van der Waals surface area contributed by atoms with Gasteiger partial charge in [0.05, 0.1) is 0 Å². The van der Waals surface area contributed by atoms with Gasteiger partial charge in [-0.3, -0.25) is 4.79 Å². The molecule has 4 heteroatoms. The molecule has 1 nitrogen and oxygen atoms in total. The van der Waals surface area contributed by atoms with E-state index in [-0.39, 0.29) is 26.2 Å². The van der Waals surface area contributed by atoms with Gasteiger partial charge in [-0.05, 0) is 10.8 Å². The van der Waals surface area contributed by atoms with E-state index >= 15 is 0 Å². The predicted octanol–water partition coefficient (Wildman–Crippen LogP) is -0.429. The Bertz CT molecular complexity index is 23.6. The van der Waals surface area contributed by atoms with Crippen molar-refractivity contribution < 1.29 is 4.79 Å². The average molecular weight is 306 g/mol. The SMILES string of the molecule is O=CSS.[BiH3]. The van der Waals surface area contributed by atoms with Gasteiger partial charge in [0.2, 0.25) is 0 Å². The summed E-state index contributed by atoms with van der Waals surface area (Å²) in [6.07, 6.45) is 0. The second kappa shape index (κ2) is 8.98. The second-order valence-electron chi connectivity index (χ2n) is 0.202. The van der Waals surface area contributed by atoms with Crippen molar-refractivity contribution in [3.8, 4) is 0 Å². The van der Waals surface area contributed by atoms with Crippen molar-refractivity contribution in [1.82, 2.24) is 0 Å². The van der Waals surface area contributed by atoms with Crippen LogP contribution in [0.15, 0.2) is 0 Å². The molecule has 0 aromatic rings. The van der Waals surface area contributed by atoms with E-state index in [1.165, 1.54) is 0 Å². The normalized spacial score (nSPS) is 5.00. The standard InChI is InChI=1S/CH2OS2.Bi.3H/c2-1-4-3;;;;/h1,3H;;;;. The molecule has 0 aliphatic rings. The zero-order valence-corrected chi connectivity index (χ0v) is 9.76. The predicted molar refractivity (Wildman–Crippen MR) is 33.3 cm³/mol. The van der Waals surface area contributed by atoms with Gasteiger partial charge in [-0.1, -0.05) is 0 Å². The van der Waals surface area contributed by atoms with E-state index < -0.39 is 0 Å². The molecule has 0 saturated carbocycles. The third kappa shape index (κ3) is 11.0. The van der Waals surface area contributed by atoms with E-state index in [4.69, 9.17) is 4.79 Å². The quantitative estimate of drug-likeness (QED) is 0.306. The van der Waals surface area contributed by atoms with Gasteiger partial charge in [0.1, 0.15) is 0 Å². The van der Waals surface area contributed by atoms with Crippen LogP contribution in [0, 0.1) is 0 Å². The van der Waals surface area contributed by atoms with E-state index in [0.717, 1.165) is 10.8 Å². The van der Waals surface area contributed by atoms with Crippen molar-refractivity contribution >= 4 is 54.3 Å². The fraction of sp³-hybridized carbons (Fsp3) is 0. The summed E-state index contributed by atoms with van der Waals surface area (Å²) in [5, 5.41) is 0. The molecule has 0 aliphatic carbocycles. The zero-order chi connectivity index (χ0) is 3.41. The Hall–Kier alpha value is 1.25. The molecule has 0 fully saturated rings. The summed E-state index contributed by atoms with van der Waals surface area (Å²) in [6, 6.07) is 0.